The van der Waals surface area contributed by atoms with Gasteiger partial charge < -0.3 is 4.90 Å². The van der Waals surface area contributed by atoms with Crippen LogP contribution in [0.15, 0.2) is 164 Å². The Kier molecular flexibility index (Phi) is 7.72. The van der Waals surface area contributed by atoms with E-state index in [4.69, 9.17) is 0 Å². The van der Waals surface area contributed by atoms with E-state index in [1.165, 1.54) is 68.1 Å². The van der Waals surface area contributed by atoms with Gasteiger partial charge in [-0.2, -0.15) is 0 Å². The van der Waals surface area contributed by atoms with Gasteiger partial charge in [-0.1, -0.05) is 149 Å². The summed E-state index contributed by atoms with van der Waals surface area (Å²) in [4.78, 5) is 2.37. The maximum Gasteiger partial charge on any atom is 0.0467 e. The second-order valence-corrected chi connectivity index (χ2v) is 14.9. The van der Waals surface area contributed by atoms with Gasteiger partial charge in [0.05, 0.1) is 0 Å². The molecule has 0 unspecified atom stereocenters. The molecule has 8 rings (SSSR count). The summed E-state index contributed by atoms with van der Waals surface area (Å²) >= 11 is 0. The Morgan fingerprint density at radius 1 is 0.388 bits per heavy atom. The number of hydrogen-bond acceptors (Lipinski definition) is 1. The van der Waals surface area contributed by atoms with E-state index >= 15 is 0 Å². The van der Waals surface area contributed by atoms with Gasteiger partial charge >= 0.3 is 0 Å². The van der Waals surface area contributed by atoms with Gasteiger partial charge in [-0.25, -0.2) is 0 Å². The van der Waals surface area contributed by atoms with E-state index in [0.717, 1.165) is 17.1 Å². The number of anilines is 3. The van der Waals surface area contributed by atoms with Crippen LogP contribution < -0.4 is 4.90 Å². The lowest BCUT2D eigenvalue weighted by atomic mass is 9.62. The van der Waals surface area contributed by atoms with Crippen LogP contribution in [0, 0.1) is 0 Å². The van der Waals surface area contributed by atoms with Crippen LogP contribution in [0.4, 0.5) is 17.1 Å². The van der Waals surface area contributed by atoms with Crippen LogP contribution in [0.25, 0.3) is 44.2 Å². The van der Waals surface area contributed by atoms with Gasteiger partial charge in [-0.15, -0.1) is 0 Å². The van der Waals surface area contributed by atoms with Crippen LogP contribution in [0.1, 0.15) is 51.7 Å². The van der Waals surface area contributed by atoms with Crippen molar-refractivity contribution >= 4 is 27.8 Å². The van der Waals surface area contributed by atoms with Gasteiger partial charge in [0, 0.05) is 17.1 Å². The topological polar surface area (TPSA) is 3.24 Å². The molecule has 7 aromatic carbocycles. The molecule has 1 heteroatoms. The Bertz CT molecular complexity index is 2240. The molecule has 0 heterocycles. The number of benzene rings is 7. The zero-order chi connectivity index (χ0) is 33.6. The molecule has 7 aromatic rings. The maximum atomic E-state index is 2.51. The highest BCUT2D eigenvalue weighted by atomic mass is 15.1. The van der Waals surface area contributed by atoms with Crippen molar-refractivity contribution in [2.24, 2.45) is 0 Å². The maximum absolute atomic E-state index is 2.51. The van der Waals surface area contributed by atoms with E-state index < -0.39 is 0 Å². The van der Waals surface area contributed by atoms with Crippen molar-refractivity contribution in [3.05, 3.63) is 175 Å². The van der Waals surface area contributed by atoms with E-state index in [9.17, 15) is 0 Å². The Labute approximate surface area is 291 Å². The predicted octanol–water partition coefficient (Wildman–Crippen LogP) is 13.7. The lowest BCUT2D eigenvalue weighted by molar-refractivity contribution is 0.332. The lowest BCUT2D eigenvalue weighted by Gasteiger charge is -2.42. The fraction of sp³-hybridized carbons (Fsp3) is 0.167. The molecule has 0 saturated carbocycles. The van der Waals surface area contributed by atoms with Crippen LogP contribution >= 0.6 is 0 Å². The Hall–Kier alpha value is -5.40. The first-order valence-electron chi connectivity index (χ1n) is 17.6. The molecule has 0 radical (unpaired) electrons. The van der Waals surface area contributed by atoms with Gasteiger partial charge in [0.15, 0.2) is 0 Å². The van der Waals surface area contributed by atoms with Crippen molar-refractivity contribution in [2.75, 3.05) is 4.90 Å². The normalized spacial score (nSPS) is 14.7. The number of para-hydroxylation sites is 1. The van der Waals surface area contributed by atoms with Gasteiger partial charge in [-0.05, 0) is 121 Å². The zero-order valence-electron chi connectivity index (χ0n) is 28.9. The number of hydrogen-bond donors (Lipinski definition) is 0. The molecule has 49 heavy (non-hydrogen) atoms. The number of nitrogens with zero attached hydrogens (tertiary/aromatic N) is 1. The molecule has 0 spiro atoms. The lowest BCUT2D eigenvalue weighted by Crippen LogP contribution is -2.33. The fourth-order valence-electron chi connectivity index (χ4n) is 7.72. The summed E-state index contributed by atoms with van der Waals surface area (Å²) in [6, 6.07) is 59.9. The third kappa shape index (κ3) is 5.85. The van der Waals surface area contributed by atoms with Crippen molar-refractivity contribution < 1.29 is 0 Å². The van der Waals surface area contributed by atoms with Crippen LogP contribution in [-0.4, -0.2) is 0 Å². The molecule has 0 N–H and O–H groups in total. The molecule has 0 saturated heterocycles. The summed E-state index contributed by atoms with van der Waals surface area (Å²) in [6.07, 6.45) is 2.43. The van der Waals surface area contributed by atoms with Crippen molar-refractivity contribution in [1.29, 1.82) is 0 Å². The zero-order valence-corrected chi connectivity index (χ0v) is 28.9. The molecular weight excluding hydrogens is 591 g/mol. The first kappa shape index (κ1) is 30.9. The molecule has 0 atom stereocenters. The number of rotatable bonds is 6. The van der Waals surface area contributed by atoms with Crippen molar-refractivity contribution in [3.8, 4) is 33.4 Å². The second-order valence-electron chi connectivity index (χ2n) is 14.9. The van der Waals surface area contributed by atoms with Gasteiger partial charge in [0.1, 0.15) is 0 Å². The van der Waals surface area contributed by atoms with E-state index in [0.29, 0.717) is 0 Å². The molecule has 0 amide bonds. The molecule has 1 nitrogen and oxygen atoms in total. The van der Waals surface area contributed by atoms with Gasteiger partial charge in [0.25, 0.3) is 0 Å². The van der Waals surface area contributed by atoms with E-state index in [1.54, 1.807) is 0 Å². The monoisotopic (exact) mass is 633 g/mol. The molecule has 1 aliphatic rings. The summed E-state index contributed by atoms with van der Waals surface area (Å²) < 4.78 is 0. The summed E-state index contributed by atoms with van der Waals surface area (Å²) in [5.41, 5.74) is 14.2. The predicted molar refractivity (Wildman–Crippen MR) is 210 cm³/mol. The minimum absolute atomic E-state index is 0.161. The molecule has 1 aliphatic carbocycles. The quantitative estimate of drug-likeness (QED) is 0.176. The third-order valence-electron chi connectivity index (χ3n) is 10.7. The van der Waals surface area contributed by atoms with E-state index in [-0.39, 0.29) is 10.8 Å². The summed E-state index contributed by atoms with van der Waals surface area (Å²) in [5, 5.41) is 2.65. The van der Waals surface area contributed by atoms with Crippen LogP contribution in [0.3, 0.4) is 0 Å². The third-order valence-corrected chi connectivity index (χ3v) is 10.7. The molecule has 0 aromatic heterocycles. The molecule has 0 aliphatic heterocycles. The average Bonchev–Trinajstić information content (AvgIpc) is 3.14. The Morgan fingerprint density at radius 3 is 1.49 bits per heavy atom. The summed E-state index contributed by atoms with van der Waals surface area (Å²) in [6.45, 7) is 9.65. The Balaban J connectivity index is 1.18. The minimum atomic E-state index is 0.161. The highest BCUT2D eigenvalue weighted by molar-refractivity contribution is 5.98. The summed E-state index contributed by atoms with van der Waals surface area (Å²) in [5.74, 6) is 0. The minimum Gasteiger partial charge on any atom is -0.310 e. The molecule has 0 fully saturated rings. The van der Waals surface area contributed by atoms with Crippen LogP contribution in [0.5, 0.6) is 0 Å². The van der Waals surface area contributed by atoms with Crippen molar-refractivity contribution in [1.82, 2.24) is 0 Å². The largest absolute Gasteiger partial charge is 0.310 e. The first-order chi connectivity index (χ1) is 23.8. The van der Waals surface area contributed by atoms with Gasteiger partial charge in [0.2, 0.25) is 0 Å². The smallest absolute Gasteiger partial charge is 0.0467 e. The first-order valence-corrected chi connectivity index (χ1v) is 17.6. The van der Waals surface area contributed by atoms with Crippen molar-refractivity contribution in [3.63, 3.8) is 0 Å². The summed E-state index contributed by atoms with van der Waals surface area (Å²) in [7, 11) is 0. The molecule has 0 bridgehead atoms. The Morgan fingerprint density at radius 2 is 0.857 bits per heavy atom. The highest BCUT2D eigenvalue weighted by Gasteiger charge is 2.37. The highest BCUT2D eigenvalue weighted by Crippen LogP contribution is 2.48. The van der Waals surface area contributed by atoms with E-state index in [1.807, 2.05) is 0 Å². The SMILES string of the molecule is CC1(C)CCC(C)(C)c2cc3c(-c4cccc(N(c5ccccc5)c5ccc(-c6ccc(-c7ccccc7)cc6)cc5)c4)cccc3cc21. The van der Waals surface area contributed by atoms with Crippen molar-refractivity contribution in [2.45, 2.75) is 51.4 Å². The van der Waals surface area contributed by atoms with E-state index in [2.05, 4.69) is 196 Å². The number of fused-ring (bicyclic) bond motifs is 2. The van der Waals surface area contributed by atoms with Crippen LogP contribution in [-0.2, 0) is 10.8 Å². The standard InChI is InChI=1S/C48H43N/c1-47(2)29-30-48(3,4)46-33-44-39(32-45(46)47)16-12-20-43(44)38-15-11-19-42(31-38)49(40-17-9-6-10-18-40)41-27-25-37(26-28-41)36-23-21-35(22-24-36)34-13-7-5-8-14-34/h5-28,31-33H,29-30H2,1-4H3. The van der Waals surface area contributed by atoms with Gasteiger partial charge in [-0.3, -0.25) is 0 Å². The average molecular weight is 634 g/mol. The molecule has 240 valence electrons. The second kappa shape index (κ2) is 12.2. The molecular formula is C48H43N. The fourth-order valence-corrected chi connectivity index (χ4v) is 7.72. The van der Waals surface area contributed by atoms with Crippen LogP contribution in [0.2, 0.25) is 0 Å².